The van der Waals surface area contributed by atoms with Crippen molar-refractivity contribution < 1.29 is 17.5 Å². The second kappa shape index (κ2) is 5.07. The Balaban J connectivity index is 2.23. The van der Waals surface area contributed by atoms with Gasteiger partial charge in [-0.15, -0.1) is 0 Å². The Hall–Kier alpha value is -0.940. The molecule has 4 nitrogen and oxygen atoms in total. The van der Waals surface area contributed by atoms with Crippen molar-refractivity contribution >= 4 is 10.1 Å². The summed E-state index contributed by atoms with van der Waals surface area (Å²) in [4.78, 5) is 0. The van der Waals surface area contributed by atoms with E-state index in [0.717, 1.165) is 13.0 Å². The number of hydrogen-bond donors (Lipinski definition) is 1. The Bertz CT molecular complexity index is 361. The molecule has 0 spiro atoms. The highest BCUT2D eigenvalue weighted by Gasteiger charge is 2.04. The molecule has 0 aliphatic heterocycles. The molecule has 0 aliphatic rings. The van der Waals surface area contributed by atoms with Gasteiger partial charge in [-0.3, -0.25) is 4.55 Å². The third-order valence-corrected chi connectivity index (χ3v) is 2.65. The fourth-order valence-electron chi connectivity index (χ4n) is 1.16. The van der Waals surface area contributed by atoms with Crippen molar-refractivity contribution in [2.45, 2.75) is 19.4 Å². The third kappa shape index (κ3) is 4.94. The fraction of sp³-hybridized carbons (Fsp3) is 0.444. The average Bonchev–Trinajstić information content (AvgIpc) is 2.13. The van der Waals surface area contributed by atoms with Crippen LogP contribution in [0.15, 0.2) is 30.6 Å². The molecule has 1 aromatic rings. The molecule has 0 aliphatic carbocycles. The molecular formula is C9H14NO3S+. The van der Waals surface area contributed by atoms with Gasteiger partial charge in [0, 0.05) is 18.6 Å². The Morgan fingerprint density at radius 3 is 2.29 bits per heavy atom. The second-order valence-corrected chi connectivity index (χ2v) is 4.68. The lowest BCUT2D eigenvalue weighted by molar-refractivity contribution is -0.697. The first-order valence-electron chi connectivity index (χ1n) is 4.47. The number of pyridine rings is 1. The van der Waals surface area contributed by atoms with E-state index in [-0.39, 0.29) is 5.75 Å². The van der Waals surface area contributed by atoms with Gasteiger partial charge in [0.2, 0.25) is 0 Å². The summed E-state index contributed by atoms with van der Waals surface area (Å²) in [5, 5.41) is 0. The molecule has 1 heterocycles. The molecular weight excluding hydrogens is 202 g/mol. The summed E-state index contributed by atoms with van der Waals surface area (Å²) < 4.78 is 31.2. The van der Waals surface area contributed by atoms with Gasteiger partial charge in [0.05, 0.1) is 5.75 Å². The molecule has 5 heteroatoms. The zero-order valence-electron chi connectivity index (χ0n) is 7.83. The van der Waals surface area contributed by atoms with Crippen LogP contribution in [0.25, 0.3) is 0 Å². The molecule has 1 N–H and O–H groups in total. The SMILES string of the molecule is O=S(=O)(O)CCCC[n+]1ccccc1. The van der Waals surface area contributed by atoms with Gasteiger partial charge in [0.15, 0.2) is 12.4 Å². The van der Waals surface area contributed by atoms with Gasteiger partial charge in [-0.05, 0) is 6.42 Å². The summed E-state index contributed by atoms with van der Waals surface area (Å²) in [7, 11) is -3.79. The van der Waals surface area contributed by atoms with E-state index < -0.39 is 10.1 Å². The van der Waals surface area contributed by atoms with E-state index in [4.69, 9.17) is 4.55 Å². The molecule has 0 aromatic carbocycles. The number of nitrogens with zero attached hydrogens (tertiary/aromatic N) is 1. The highest BCUT2D eigenvalue weighted by Crippen LogP contribution is 1.93. The quantitative estimate of drug-likeness (QED) is 0.446. The van der Waals surface area contributed by atoms with Crippen LogP contribution < -0.4 is 4.57 Å². The minimum absolute atomic E-state index is 0.152. The monoisotopic (exact) mass is 216 g/mol. The lowest BCUT2D eigenvalue weighted by Crippen LogP contribution is -2.32. The van der Waals surface area contributed by atoms with E-state index in [0.29, 0.717) is 6.42 Å². The number of rotatable bonds is 5. The summed E-state index contributed by atoms with van der Waals surface area (Å²) in [6, 6.07) is 5.76. The van der Waals surface area contributed by atoms with Gasteiger partial charge in [-0.25, -0.2) is 4.57 Å². The van der Waals surface area contributed by atoms with E-state index in [9.17, 15) is 8.42 Å². The van der Waals surface area contributed by atoms with Gasteiger partial charge >= 0.3 is 0 Å². The van der Waals surface area contributed by atoms with Crippen molar-refractivity contribution in [2.75, 3.05) is 5.75 Å². The van der Waals surface area contributed by atoms with Gasteiger partial charge in [-0.2, -0.15) is 8.42 Å². The van der Waals surface area contributed by atoms with E-state index in [2.05, 4.69) is 0 Å². The predicted octanol–water partition coefficient (Wildman–Crippen LogP) is 0.642. The first kappa shape index (κ1) is 11.1. The number of aromatic nitrogens is 1. The van der Waals surface area contributed by atoms with E-state index in [1.165, 1.54) is 0 Å². The maximum absolute atomic E-state index is 10.4. The summed E-state index contributed by atoms with van der Waals surface area (Å²) in [6.45, 7) is 0.774. The fourth-order valence-corrected chi connectivity index (χ4v) is 1.73. The Labute approximate surface area is 83.9 Å². The smallest absolute Gasteiger partial charge is 0.264 e. The van der Waals surface area contributed by atoms with Crippen LogP contribution in [0.5, 0.6) is 0 Å². The first-order valence-corrected chi connectivity index (χ1v) is 6.08. The molecule has 0 bridgehead atoms. The Morgan fingerprint density at radius 2 is 1.71 bits per heavy atom. The van der Waals surface area contributed by atoms with Crippen LogP contribution in [0.3, 0.4) is 0 Å². The van der Waals surface area contributed by atoms with Crippen LogP contribution in [0.2, 0.25) is 0 Å². The zero-order chi connectivity index (χ0) is 10.4. The Morgan fingerprint density at radius 1 is 1.07 bits per heavy atom. The normalized spacial score (nSPS) is 11.5. The van der Waals surface area contributed by atoms with Crippen LogP contribution >= 0.6 is 0 Å². The van der Waals surface area contributed by atoms with Crippen molar-refractivity contribution in [3.8, 4) is 0 Å². The van der Waals surface area contributed by atoms with Gasteiger partial charge in [0.1, 0.15) is 6.54 Å². The highest BCUT2D eigenvalue weighted by molar-refractivity contribution is 7.85. The van der Waals surface area contributed by atoms with Crippen LogP contribution in [0.1, 0.15) is 12.8 Å². The summed E-state index contributed by atoms with van der Waals surface area (Å²) in [6.07, 6.45) is 5.08. The molecule has 0 amide bonds. The molecule has 0 saturated carbocycles. The third-order valence-electron chi connectivity index (χ3n) is 1.85. The van der Waals surface area contributed by atoms with Crippen molar-refractivity contribution in [1.29, 1.82) is 0 Å². The predicted molar refractivity (Wildman–Crippen MR) is 52.3 cm³/mol. The Kier molecular flexibility index (Phi) is 4.03. The largest absolute Gasteiger partial charge is 0.286 e. The van der Waals surface area contributed by atoms with Crippen LogP contribution in [-0.2, 0) is 16.7 Å². The maximum Gasteiger partial charge on any atom is 0.264 e. The van der Waals surface area contributed by atoms with Crippen molar-refractivity contribution in [1.82, 2.24) is 0 Å². The minimum Gasteiger partial charge on any atom is -0.286 e. The molecule has 0 saturated heterocycles. The van der Waals surface area contributed by atoms with Gasteiger partial charge < -0.3 is 0 Å². The number of aryl methyl sites for hydroxylation is 1. The standard InChI is InChI=1S/C9H13NO3S/c11-14(12,13)9-5-4-8-10-6-2-1-3-7-10/h1-3,6-7H,4-5,8-9H2/p+1. The number of unbranched alkanes of at least 4 members (excludes halogenated alkanes) is 1. The summed E-state index contributed by atoms with van der Waals surface area (Å²) in [5.41, 5.74) is 0. The van der Waals surface area contributed by atoms with Crippen LogP contribution in [0.4, 0.5) is 0 Å². The summed E-state index contributed by atoms with van der Waals surface area (Å²) in [5.74, 6) is -0.152. The molecule has 0 radical (unpaired) electrons. The van der Waals surface area contributed by atoms with E-state index in [1.54, 1.807) is 0 Å². The molecule has 0 atom stereocenters. The van der Waals surface area contributed by atoms with Crippen molar-refractivity contribution in [2.24, 2.45) is 0 Å². The molecule has 0 fully saturated rings. The van der Waals surface area contributed by atoms with Gasteiger partial charge in [-0.1, -0.05) is 6.07 Å². The number of hydrogen-bond acceptors (Lipinski definition) is 2. The average molecular weight is 216 g/mol. The first-order chi connectivity index (χ1) is 6.58. The molecule has 1 rings (SSSR count). The molecule has 14 heavy (non-hydrogen) atoms. The van der Waals surface area contributed by atoms with Crippen molar-refractivity contribution in [3.05, 3.63) is 30.6 Å². The summed E-state index contributed by atoms with van der Waals surface area (Å²) >= 11 is 0. The molecule has 1 aromatic heterocycles. The lowest BCUT2D eigenvalue weighted by Gasteiger charge is -1.96. The van der Waals surface area contributed by atoms with Gasteiger partial charge in [0.25, 0.3) is 10.1 Å². The highest BCUT2D eigenvalue weighted by atomic mass is 32.2. The zero-order valence-corrected chi connectivity index (χ0v) is 8.65. The van der Waals surface area contributed by atoms with Crippen LogP contribution in [0, 0.1) is 0 Å². The van der Waals surface area contributed by atoms with Crippen molar-refractivity contribution in [3.63, 3.8) is 0 Å². The van der Waals surface area contributed by atoms with Crippen LogP contribution in [-0.4, -0.2) is 18.7 Å². The second-order valence-electron chi connectivity index (χ2n) is 3.11. The lowest BCUT2D eigenvalue weighted by atomic mass is 10.3. The topological polar surface area (TPSA) is 58.3 Å². The molecule has 0 unspecified atom stereocenters. The molecule has 78 valence electrons. The minimum atomic E-state index is -3.79. The van der Waals surface area contributed by atoms with E-state index >= 15 is 0 Å². The maximum atomic E-state index is 10.4. The van der Waals surface area contributed by atoms with E-state index in [1.807, 2.05) is 35.2 Å².